The Balaban J connectivity index is 1.37. The van der Waals surface area contributed by atoms with Gasteiger partial charge >= 0.3 is 12.1 Å². The average molecular weight is 467 g/mol. The predicted molar refractivity (Wildman–Crippen MR) is 125 cm³/mol. The number of amides is 2. The molecule has 1 aliphatic heterocycles. The molecule has 34 heavy (non-hydrogen) atoms. The number of carboxylic acid groups (broad SMARTS) is 1. The van der Waals surface area contributed by atoms with Gasteiger partial charge in [-0.25, -0.2) is 9.59 Å². The number of carbonyl (C=O) groups excluding carboxylic acids is 2. The second kappa shape index (κ2) is 9.46. The van der Waals surface area contributed by atoms with Gasteiger partial charge in [0.1, 0.15) is 6.61 Å². The number of benzene rings is 2. The molecule has 180 valence electrons. The average Bonchev–Trinajstić information content (AvgIpc) is 3.10. The van der Waals surface area contributed by atoms with Gasteiger partial charge in [0.2, 0.25) is 5.91 Å². The molecule has 8 nitrogen and oxygen atoms in total. The van der Waals surface area contributed by atoms with Crippen LogP contribution in [0.1, 0.15) is 44.2 Å². The van der Waals surface area contributed by atoms with E-state index in [1.165, 1.54) is 4.90 Å². The van der Waals surface area contributed by atoms with Gasteiger partial charge in [-0.15, -0.1) is 0 Å². The van der Waals surface area contributed by atoms with Crippen molar-refractivity contribution in [3.8, 4) is 11.1 Å². The maximum absolute atomic E-state index is 12.9. The third kappa shape index (κ3) is 4.77. The van der Waals surface area contributed by atoms with Crippen LogP contribution in [0.15, 0.2) is 48.5 Å². The van der Waals surface area contributed by atoms with E-state index in [1.807, 2.05) is 36.4 Å². The second-order valence-corrected chi connectivity index (χ2v) is 9.46. The number of carbonyl (C=O) groups is 3. The molecule has 0 saturated carbocycles. The number of fused-ring (bicyclic) bond motifs is 3. The third-order valence-electron chi connectivity index (χ3n) is 6.44. The Bertz CT molecular complexity index is 1050. The molecular formula is C26H30N2O6. The molecule has 4 rings (SSSR count). The van der Waals surface area contributed by atoms with Crippen LogP contribution in [0.25, 0.3) is 11.1 Å². The van der Waals surface area contributed by atoms with Crippen LogP contribution >= 0.6 is 0 Å². The second-order valence-electron chi connectivity index (χ2n) is 9.46. The lowest BCUT2D eigenvalue weighted by Gasteiger charge is -2.38. The van der Waals surface area contributed by atoms with E-state index in [0.717, 1.165) is 22.3 Å². The molecule has 2 aromatic carbocycles. The fourth-order valence-electron chi connectivity index (χ4n) is 4.87. The van der Waals surface area contributed by atoms with Crippen LogP contribution < -0.4 is 5.32 Å². The molecule has 2 aliphatic rings. The number of alkyl carbamates (subject to hydrolysis) is 1. The van der Waals surface area contributed by atoms with Crippen molar-refractivity contribution in [2.24, 2.45) is 0 Å². The van der Waals surface area contributed by atoms with Crippen molar-refractivity contribution in [2.45, 2.75) is 50.8 Å². The van der Waals surface area contributed by atoms with Crippen LogP contribution in [-0.4, -0.2) is 65.4 Å². The number of rotatable bonds is 6. The van der Waals surface area contributed by atoms with E-state index in [4.69, 9.17) is 9.47 Å². The molecule has 0 bridgehead atoms. The van der Waals surface area contributed by atoms with E-state index in [0.29, 0.717) is 0 Å². The summed E-state index contributed by atoms with van der Waals surface area (Å²) in [6.45, 7) is 5.71. The molecule has 8 heteroatoms. The summed E-state index contributed by atoms with van der Waals surface area (Å²) in [5.74, 6) is -1.52. The van der Waals surface area contributed by atoms with Crippen LogP contribution in [0.2, 0.25) is 0 Å². The molecule has 0 spiro atoms. The number of hydrogen-bond acceptors (Lipinski definition) is 5. The highest BCUT2D eigenvalue weighted by molar-refractivity contribution is 5.85. The van der Waals surface area contributed by atoms with Crippen molar-refractivity contribution in [3.63, 3.8) is 0 Å². The van der Waals surface area contributed by atoms with Gasteiger partial charge in [0, 0.05) is 24.4 Å². The lowest BCUT2D eigenvalue weighted by Crippen LogP contribution is -2.58. The Morgan fingerprint density at radius 3 is 2.26 bits per heavy atom. The van der Waals surface area contributed by atoms with Gasteiger partial charge in [0.05, 0.1) is 12.7 Å². The zero-order valence-electron chi connectivity index (χ0n) is 19.6. The van der Waals surface area contributed by atoms with Gasteiger partial charge in [0.25, 0.3) is 0 Å². The summed E-state index contributed by atoms with van der Waals surface area (Å²) in [7, 11) is 0. The molecule has 1 saturated heterocycles. The number of hydrogen-bond donors (Lipinski definition) is 2. The SMILES string of the molecule is CC1OCCN(C(=O)CC(C)(C)NC(=O)OCC2c3ccccc3-c3ccccc32)C1C(=O)O. The molecule has 1 fully saturated rings. The number of aliphatic carboxylic acids is 1. The number of ether oxygens (including phenoxy) is 2. The Morgan fingerprint density at radius 2 is 1.68 bits per heavy atom. The maximum atomic E-state index is 12.9. The van der Waals surface area contributed by atoms with E-state index in [9.17, 15) is 19.5 Å². The molecule has 2 atom stereocenters. The van der Waals surface area contributed by atoms with Crippen molar-refractivity contribution < 1.29 is 29.0 Å². The zero-order chi connectivity index (χ0) is 24.5. The normalized spacial score (nSPS) is 19.8. The molecule has 2 amide bonds. The summed E-state index contributed by atoms with van der Waals surface area (Å²) >= 11 is 0. The minimum Gasteiger partial charge on any atom is -0.480 e. The van der Waals surface area contributed by atoms with Crippen molar-refractivity contribution >= 4 is 18.0 Å². The van der Waals surface area contributed by atoms with Crippen molar-refractivity contribution in [2.75, 3.05) is 19.8 Å². The largest absolute Gasteiger partial charge is 0.480 e. The Labute approximate surface area is 198 Å². The van der Waals surface area contributed by atoms with Gasteiger partial charge in [0.15, 0.2) is 6.04 Å². The summed E-state index contributed by atoms with van der Waals surface area (Å²) in [6.07, 6.45) is -1.29. The molecule has 2 unspecified atom stereocenters. The maximum Gasteiger partial charge on any atom is 0.407 e. The Hall–Kier alpha value is -3.39. The lowest BCUT2D eigenvalue weighted by atomic mass is 9.98. The van der Waals surface area contributed by atoms with E-state index >= 15 is 0 Å². The van der Waals surface area contributed by atoms with Crippen LogP contribution in [-0.2, 0) is 19.1 Å². The highest BCUT2D eigenvalue weighted by Gasteiger charge is 2.40. The molecule has 2 N–H and O–H groups in total. The standard InChI is InChI=1S/C26H30N2O6/c1-16-23(24(30)31)28(12-13-33-16)22(29)14-26(2,3)27-25(32)34-15-21-19-10-6-4-8-17(19)18-9-5-7-11-20(18)21/h4-11,16,21,23H,12-15H2,1-3H3,(H,27,32)(H,30,31). The van der Waals surface area contributed by atoms with Gasteiger partial charge in [-0.05, 0) is 43.0 Å². The van der Waals surface area contributed by atoms with E-state index in [2.05, 4.69) is 17.4 Å². The topological polar surface area (TPSA) is 105 Å². The summed E-state index contributed by atoms with van der Waals surface area (Å²) in [5.41, 5.74) is 3.60. The van der Waals surface area contributed by atoms with Crippen LogP contribution in [0.5, 0.6) is 0 Å². The van der Waals surface area contributed by atoms with Crippen molar-refractivity contribution in [1.29, 1.82) is 0 Å². The van der Waals surface area contributed by atoms with Crippen LogP contribution in [0.4, 0.5) is 4.79 Å². The number of carboxylic acids is 1. The van der Waals surface area contributed by atoms with E-state index in [-0.39, 0.29) is 38.0 Å². The first-order valence-corrected chi connectivity index (χ1v) is 11.4. The third-order valence-corrected chi connectivity index (χ3v) is 6.44. The smallest absolute Gasteiger partial charge is 0.407 e. The quantitative estimate of drug-likeness (QED) is 0.676. The van der Waals surface area contributed by atoms with Crippen LogP contribution in [0, 0.1) is 0 Å². The highest BCUT2D eigenvalue weighted by Crippen LogP contribution is 2.44. The van der Waals surface area contributed by atoms with Gasteiger partial charge in [-0.3, -0.25) is 4.79 Å². The zero-order valence-corrected chi connectivity index (χ0v) is 19.6. The number of nitrogens with one attached hydrogen (secondary N) is 1. The Morgan fingerprint density at radius 1 is 1.09 bits per heavy atom. The van der Waals surface area contributed by atoms with E-state index < -0.39 is 29.7 Å². The first kappa shape index (κ1) is 23.8. The predicted octanol–water partition coefficient (Wildman–Crippen LogP) is 3.39. The number of nitrogens with zero attached hydrogens (tertiary/aromatic N) is 1. The molecular weight excluding hydrogens is 436 g/mol. The fraction of sp³-hybridized carbons (Fsp3) is 0.423. The van der Waals surface area contributed by atoms with Crippen molar-refractivity contribution in [3.05, 3.63) is 59.7 Å². The molecule has 2 aromatic rings. The first-order valence-electron chi connectivity index (χ1n) is 11.4. The van der Waals surface area contributed by atoms with Gasteiger partial charge in [-0.1, -0.05) is 48.5 Å². The summed E-state index contributed by atoms with van der Waals surface area (Å²) in [5, 5.41) is 12.3. The molecule has 1 aliphatic carbocycles. The van der Waals surface area contributed by atoms with Crippen molar-refractivity contribution in [1.82, 2.24) is 10.2 Å². The molecule has 1 heterocycles. The van der Waals surface area contributed by atoms with Crippen LogP contribution in [0.3, 0.4) is 0 Å². The minimum absolute atomic E-state index is 0.0611. The first-order chi connectivity index (χ1) is 16.2. The lowest BCUT2D eigenvalue weighted by molar-refractivity contribution is -0.165. The summed E-state index contributed by atoms with van der Waals surface area (Å²) in [4.78, 5) is 38.5. The Kier molecular flexibility index (Phi) is 6.61. The van der Waals surface area contributed by atoms with Gasteiger partial charge in [-0.2, -0.15) is 0 Å². The fourth-order valence-corrected chi connectivity index (χ4v) is 4.87. The van der Waals surface area contributed by atoms with E-state index in [1.54, 1.807) is 20.8 Å². The molecule has 0 radical (unpaired) electrons. The summed E-state index contributed by atoms with van der Waals surface area (Å²) < 4.78 is 11.0. The highest BCUT2D eigenvalue weighted by atomic mass is 16.5. The van der Waals surface area contributed by atoms with Gasteiger partial charge < -0.3 is 24.8 Å². The monoisotopic (exact) mass is 466 g/mol. The number of morpholine rings is 1. The summed E-state index contributed by atoms with van der Waals surface area (Å²) in [6, 6.07) is 15.1. The minimum atomic E-state index is -1.11. The molecule has 0 aromatic heterocycles.